The first kappa shape index (κ1) is 21.4. The van der Waals surface area contributed by atoms with Crippen LogP contribution in [0.4, 0.5) is 11.4 Å². The molecule has 2 aromatic carbocycles. The van der Waals surface area contributed by atoms with Crippen LogP contribution >= 0.6 is 0 Å². The van der Waals surface area contributed by atoms with Crippen molar-refractivity contribution >= 4 is 22.9 Å². The van der Waals surface area contributed by atoms with E-state index in [4.69, 9.17) is 5.84 Å². The van der Waals surface area contributed by atoms with Gasteiger partial charge in [0.05, 0.1) is 15.6 Å². The van der Waals surface area contributed by atoms with Gasteiger partial charge in [0, 0.05) is 41.8 Å². The molecule has 0 heterocycles. The third-order valence-electron chi connectivity index (χ3n) is 3.58. The van der Waals surface area contributed by atoms with E-state index in [-0.39, 0.29) is 17.2 Å². The van der Waals surface area contributed by atoms with Crippen molar-refractivity contribution < 1.29 is 14.6 Å². The van der Waals surface area contributed by atoms with Crippen molar-refractivity contribution in [2.24, 2.45) is 10.9 Å². The number of non-ortho nitro benzene ring substituents is 2. The average molecular weight is 372 g/mol. The highest BCUT2D eigenvalue weighted by atomic mass is 16.6. The van der Waals surface area contributed by atoms with E-state index in [9.17, 15) is 25.0 Å². The number of rotatable bonds is 6. The molecule has 0 spiro atoms. The molecule has 0 bridgehead atoms. The highest BCUT2D eigenvalue weighted by Gasteiger charge is 2.09. The Bertz CT molecular complexity index is 864. The third kappa shape index (κ3) is 6.31. The molecule has 0 aliphatic heterocycles. The van der Waals surface area contributed by atoms with Crippen LogP contribution < -0.4 is 5.84 Å². The SMILES string of the molecule is CC/C(=N/N)c1cccc([N+](=O)[O-])c1.CCC(=O)c1cccc([N+](=O)[O-])c1. The molecule has 0 atom stereocenters. The lowest BCUT2D eigenvalue weighted by Gasteiger charge is -2.01. The summed E-state index contributed by atoms with van der Waals surface area (Å²) in [4.78, 5) is 31.1. The van der Waals surface area contributed by atoms with E-state index in [2.05, 4.69) is 5.10 Å². The van der Waals surface area contributed by atoms with Crippen molar-refractivity contribution in [3.8, 4) is 0 Å². The summed E-state index contributed by atoms with van der Waals surface area (Å²) in [5, 5.41) is 24.4. The third-order valence-corrected chi connectivity index (χ3v) is 3.58. The van der Waals surface area contributed by atoms with Gasteiger partial charge in [0.2, 0.25) is 0 Å². The first-order valence-electron chi connectivity index (χ1n) is 8.13. The van der Waals surface area contributed by atoms with E-state index in [0.717, 1.165) is 0 Å². The maximum atomic E-state index is 11.2. The molecule has 9 heteroatoms. The molecule has 0 aliphatic carbocycles. The van der Waals surface area contributed by atoms with Crippen LogP contribution in [-0.4, -0.2) is 21.3 Å². The van der Waals surface area contributed by atoms with Crippen LogP contribution in [0.25, 0.3) is 0 Å². The quantitative estimate of drug-likeness (QED) is 0.268. The molecule has 2 rings (SSSR count). The van der Waals surface area contributed by atoms with E-state index in [0.29, 0.717) is 29.7 Å². The average Bonchev–Trinajstić information content (AvgIpc) is 2.69. The number of nitrogens with two attached hydrogens (primary N) is 1. The van der Waals surface area contributed by atoms with Gasteiger partial charge in [-0.2, -0.15) is 5.10 Å². The topological polar surface area (TPSA) is 142 Å². The highest BCUT2D eigenvalue weighted by molar-refractivity contribution is 6.00. The fourth-order valence-electron chi connectivity index (χ4n) is 2.17. The first-order chi connectivity index (χ1) is 12.8. The zero-order valence-electron chi connectivity index (χ0n) is 15.0. The molecule has 2 aromatic rings. The number of hydrogen-bond acceptors (Lipinski definition) is 7. The summed E-state index contributed by atoms with van der Waals surface area (Å²) in [6.07, 6.45) is 1.01. The van der Waals surface area contributed by atoms with Crippen LogP contribution in [0.1, 0.15) is 42.6 Å². The van der Waals surface area contributed by atoms with Crippen molar-refractivity contribution in [1.29, 1.82) is 0 Å². The van der Waals surface area contributed by atoms with Crippen LogP contribution in [0.15, 0.2) is 53.6 Å². The van der Waals surface area contributed by atoms with Crippen molar-refractivity contribution in [2.45, 2.75) is 26.7 Å². The van der Waals surface area contributed by atoms with E-state index in [1.807, 2.05) is 6.92 Å². The molecule has 0 aromatic heterocycles. The summed E-state index contributed by atoms with van der Waals surface area (Å²) in [6.45, 7) is 3.62. The molecular weight excluding hydrogens is 352 g/mol. The summed E-state index contributed by atoms with van der Waals surface area (Å²) >= 11 is 0. The largest absolute Gasteiger partial charge is 0.323 e. The number of ketones is 1. The van der Waals surface area contributed by atoms with Gasteiger partial charge < -0.3 is 5.84 Å². The Morgan fingerprint density at radius 1 is 0.926 bits per heavy atom. The first-order valence-corrected chi connectivity index (χ1v) is 8.13. The molecule has 0 amide bonds. The molecule has 142 valence electrons. The molecule has 0 saturated carbocycles. The van der Waals surface area contributed by atoms with Gasteiger partial charge in [-0.05, 0) is 6.42 Å². The number of nitro benzene ring substituents is 2. The molecule has 2 N–H and O–H groups in total. The molecule has 27 heavy (non-hydrogen) atoms. The summed E-state index contributed by atoms with van der Waals surface area (Å²) < 4.78 is 0. The fraction of sp³-hybridized carbons (Fsp3) is 0.222. The molecule has 0 unspecified atom stereocenters. The molecule has 0 radical (unpaired) electrons. The van der Waals surface area contributed by atoms with E-state index in [1.165, 1.54) is 30.3 Å². The van der Waals surface area contributed by atoms with Crippen LogP contribution in [-0.2, 0) is 0 Å². The second kappa shape index (κ2) is 10.4. The molecule has 0 aliphatic rings. The second-order valence-corrected chi connectivity index (χ2v) is 5.32. The summed E-state index contributed by atoms with van der Waals surface area (Å²) in [5.41, 5.74) is 1.77. The Balaban J connectivity index is 0.000000271. The van der Waals surface area contributed by atoms with Gasteiger partial charge >= 0.3 is 0 Å². The number of nitrogens with zero attached hydrogens (tertiary/aromatic N) is 3. The number of hydrogen-bond donors (Lipinski definition) is 1. The number of hydrazone groups is 1. The standard InChI is InChI=1S/C9H11N3O2.C9H9NO3/c1-2-9(11-10)7-4-3-5-8(6-7)12(13)14;1-2-9(11)7-4-3-5-8(6-7)10(12)13/h3-6H,2,10H2,1H3;3-6H,2H2,1H3/b11-9-;. The number of Topliss-reactive ketones (excluding diaryl/α,β-unsaturated/α-hetero) is 1. The fourth-order valence-corrected chi connectivity index (χ4v) is 2.17. The molecule has 0 fully saturated rings. The summed E-state index contributed by atoms with van der Waals surface area (Å²) in [6, 6.07) is 12.0. The normalized spacial score (nSPS) is 10.5. The van der Waals surface area contributed by atoms with Crippen molar-refractivity contribution in [1.82, 2.24) is 0 Å². The predicted octanol–water partition coefficient (Wildman–Crippen LogP) is 3.86. The maximum absolute atomic E-state index is 11.2. The second-order valence-electron chi connectivity index (χ2n) is 5.32. The van der Waals surface area contributed by atoms with Crippen molar-refractivity contribution in [3.05, 3.63) is 79.9 Å². The maximum Gasteiger partial charge on any atom is 0.270 e. The van der Waals surface area contributed by atoms with Crippen LogP contribution in [0.3, 0.4) is 0 Å². The van der Waals surface area contributed by atoms with Crippen LogP contribution in [0, 0.1) is 20.2 Å². The Morgan fingerprint density at radius 2 is 1.41 bits per heavy atom. The minimum absolute atomic E-state index is 0.0423. The highest BCUT2D eigenvalue weighted by Crippen LogP contribution is 2.15. The van der Waals surface area contributed by atoms with Gasteiger partial charge in [-0.1, -0.05) is 38.1 Å². The van der Waals surface area contributed by atoms with Gasteiger partial charge in [0.25, 0.3) is 11.4 Å². The van der Waals surface area contributed by atoms with Crippen molar-refractivity contribution in [2.75, 3.05) is 0 Å². The minimum atomic E-state index is -0.508. The summed E-state index contributed by atoms with van der Waals surface area (Å²) in [7, 11) is 0. The number of carbonyl (C=O) groups is 1. The lowest BCUT2D eigenvalue weighted by molar-refractivity contribution is -0.385. The molecular formula is C18H20N4O5. The lowest BCUT2D eigenvalue weighted by atomic mass is 10.1. The zero-order chi connectivity index (χ0) is 20.4. The van der Waals surface area contributed by atoms with E-state index in [1.54, 1.807) is 25.1 Å². The molecule has 9 nitrogen and oxygen atoms in total. The number of carbonyl (C=O) groups excluding carboxylic acids is 1. The summed E-state index contributed by atoms with van der Waals surface area (Å²) in [5.74, 6) is 5.08. The van der Waals surface area contributed by atoms with Gasteiger partial charge in [0.1, 0.15) is 0 Å². The van der Waals surface area contributed by atoms with Gasteiger partial charge in [-0.25, -0.2) is 0 Å². The predicted molar refractivity (Wildman–Crippen MR) is 102 cm³/mol. The van der Waals surface area contributed by atoms with E-state index < -0.39 is 9.85 Å². The number of benzene rings is 2. The Morgan fingerprint density at radius 3 is 1.81 bits per heavy atom. The Hall–Kier alpha value is -3.62. The van der Waals surface area contributed by atoms with Gasteiger partial charge in [0.15, 0.2) is 5.78 Å². The Labute approximate surface area is 155 Å². The number of nitro groups is 2. The van der Waals surface area contributed by atoms with Crippen molar-refractivity contribution in [3.63, 3.8) is 0 Å². The Kier molecular flexibility index (Phi) is 8.24. The monoisotopic (exact) mass is 372 g/mol. The lowest BCUT2D eigenvalue weighted by Crippen LogP contribution is -2.03. The van der Waals surface area contributed by atoms with E-state index >= 15 is 0 Å². The minimum Gasteiger partial charge on any atom is -0.323 e. The molecule has 0 saturated heterocycles. The smallest absolute Gasteiger partial charge is 0.270 e. The zero-order valence-corrected chi connectivity index (χ0v) is 15.0. The van der Waals surface area contributed by atoms with Gasteiger partial charge in [-0.15, -0.1) is 0 Å². The van der Waals surface area contributed by atoms with Crippen LogP contribution in [0.5, 0.6) is 0 Å². The van der Waals surface area contributed by atoms with Crippen LogP contribution in [0.2, 0.25) is 0 Å². The van der Waals surface area contributed by atoms with Gasteiger partial charge in [-0.3, -0.25) is 25.0 Å².